The lowest BCUT2D eigenvalue weighted by atomic mass is 9.78. The maximum atomic E-state index is 11.1. The first-order valence-corrected chi connectivity index (χ1v) is 3.90. The first-order valence-electron chi connectivity index (χ1n) is 3.90. The lowest BCUT2D eigenvalue weighted by Gasteiger charge is -2.06. The third-order valence-corrected chi connectivity index (χ3v) is 1.79. The molecule has 14 heavy (non-hydrogen) atoms. The fraction of sp³-hybridized carbons (Fsp3) is 0.125. The maximum absolute atomic E-state index is 11.1. The van der Waals surface area contributed by atoms with Crippen molar-refractivity contribution in [1.82, 2.24) is 0 Å². The first kappa shape index (κ1) is 10.6. The molecule has 0 saturated heterocycles. The van der Waals surface area contributed by atoms with Gasteiger partial charge in [0.25, 0.3) is 0 Å². The van der Waals surface area contributed by atoms with Crippen LogP contribution in [0.3, 0.4) is 0 Å². The molecule has 1 rings (SSSR count). The molecule has 5 nitrogen and oxygen atoms in total. The number of nitrogens with two attached hydrogens (primary N) is 1. The monoisotopic (exact) mass is 195 g/mol. The Hall–Kier alpha value is -1.53. The Morgan fingerprint density at radius 2 is 2.14 bits per heavy atom. The molecule has 0 aliphatic heterocycles. The van der Waals surface area contributed by atoms with E-state index in [1.54, 1.807) is 0 Å². The zero-order chi connectivity index (χ0) is 10.7. The van der Waals surface area contributed by atoms with Crippen LogP contribution in [-0.2, 0) is 4.74 Å². The Morgan fingerprint density at radius 1 is 1.50 bits per heavy atom. The molecular formula is C8H10BNO4. The summed E-state index contributed by atoms with van der Waals surface area (Å²) in [5.74, 6) is -0.549. The average Bonchev–Trinajstić information content (AvgIpc) is 2.17. The van der Waals surface area contributed by atoms with Crippen molar-refractivity contribution in [2.75, 3.05) is 12.8 Å². The van der Waals surface area contributed by atoms with Crippen LogP contribution < -0.4 is 11.2 Å². The molecular weight excluding hydrogens is 185 g/mol. The van der Waals surface area contributed by atoms with Crippen molar-refractivity contribution in [3.8, 4) is 0 Å². The molecule has 0 aliphatic rings. The zero-order valence-corrected chi connectivity index (χ0v) is 7.60. The van der Waals surface area contributed by atoms with Crippen molar-refractivity contribution in [3.05, 3.63) is 23.8 Å². The van der Waals surface area contributed by atoms with E-state index >= 15 is 0 Å². The molecule has 0 amide bonds. The molecule has 1 aromatic rings. The average molecular weight is 195 g/mol. The maximum Gasteiger partial charge on any atom is 0.490 e. The van der Waals surface area contributed by atoms with E-state index in [-0.39, 0.29) is 16.7 Å². The van der Waals surface area contributed by atoms with Crippen molar-refractivity contribution >= 4 is 24.2 Å². The Bertz CT molecular complexity index is 353. The Kier molecular flexibility index (Phi) is 3.11. The Labute approximate surface area is 81.3 Å². The van der Waals surface area contributed by atoms with E-state index in [9.17, 15) is 4.79 Å². The quantitative estimate of drug-likeness (QED) is 0.311. The van der Waals surface area contributed by atoms with E-state index in [1.165, 1.54) is 25.3 Å². The summed E-state index contributed by atoms with van der Waals surface area (Å²) in [6, 6.07) is 4.15. The smallest absolute Gasteiger partial charge is 0.465 e. The largest absolute Gasteiger partial charge is 0.490 e. The van der Waals surface area contributed by atoms with Crippen LogP contribution in [0.2, 0.25) is 0 Å². The van der Waals surface area contributed by atoms with Gasteiger partial charge in [-0.1, -0.05) is 0 Å². The molecule has 74 valence electrons. The van der Waals surface area contributed by atoms with Gasteiger partial charge in [0.2, 0.25) is 0 Å². The number of carbonyl (C=O) groups is 1. The van der Waals surface area contributed by atoms with Crippen molar-refractivity contribution in [1.29, 1.82) is 0 Å². The highest BCUT2D eigenvalue weighted by Gasteiger charge is 2.17. The summed E-state index contributed by atoms with van der Waals surface area (Å²) in [5, 5.41) is 17.8. The predicted octanol–water partition coefficient (Wildman–Crippen LogP) is -1.26. The molecule has 0 bridgehead atoms. The molecule has 0 fully saturated rings. The van der Waals surface area contributed by atoms with Gasteiger partial charge in [0.1, 0.15) is 0 Å². The van der Waals surface area contributed by atoms with Gasteiger partial charge in [-0.3, -0.25) is 0 Å². The van der Waals surface area contributed by atoms with Crippen LogP contribution in [0.4, 0.5) is 5.69 Å². The fourth-order valence-corrected chi connectivity index (χ4v) is 1.04. The first-order chi connectivity index (χ1) is 6.56. The summed E-state index contributed by atoms with van der Waals surface area (Å²) < 4.78 is 4.47. The highest BCUT2D eigenvalue weighted by molar-refractivity contribution is 6.60. The van der Waals surface area contributed by atoms with Gasteiger partial charge in [-0.15, -0.1) is 0 Å². The number of rotatable bonds is 2. The summed E-state index contributed by atoms with van der Waals surface area (Å²) in [6.07, 6.45) is 0. The minimum Gasteiger partial charge on any atom is -0.465 e. The molecule has 0 radical (unpaired) electrons. The molecule has 6 heteroatoms. The number of methoxy groups -OCH3 is 1. The van der Waals surface area contributed by atoms with E-state index < -0.39 is 13.1 Å². The molecule has 4 N–H and O–H groups in total. The normalized spacial score (nSPS) is 9.64. The summed E-state index contributed by atoms with van der Waals surface area (Å²) in [7, 11) is -0.451. The third-order valence-electron chi connectivity index (χ3n) is 1.79. The minimum absolute atomic E-state index is 0.0906. The van der Waals surface area contributed by atoms with E-state index in [0.29, 0.717) is 0 Å². The minimum atomic E-state index is -1.69. The van der Waals surface area contributed by atoms with Crippen LogP contribution in [0.15, 0.2) is 18.2 Å². The topological polar surface area (TPSA) is 92.8 Å². The van der Waals surface area contributed by atoms with E-state index in [0.717, 1.165) is 0 Å². The zero-order valence-electron chi connectivity index (χ0n) is 7.60. The number of esters is 1. The van der Waals surface area contributed by atoms with Crippen LogP contribution in [0.5, 0.6) is 0 Å². The second-order valence-electron chi connectivity index (χ2n) is 2.71. The van der Waals surface area contributed by atoms with Crippen molar-refractivity contribution in [3.63, 3.8) is 0 Å². The van der Waals surface area contributed by atoms with E-state index in [2.05, 4.69) is 4.74 Å². The van der Waals surface area contributed by atoms with Gasteiger partial charge in [0, 0.05) is 11.2 Å². The van der Waals surface area contributed by atoms with Crippen LogP contribution >= 0.6 is 0 Å². The van der Waals surface area contributed by atoms with Crippen LogP contribution in [-0.4, -0.2) is 30.2 Å². The van der Waals surface area contributed by atoms with Crippen LogP contribution in [0.1, 0.15) is 10.4 Å². The number of benzene rings is 1. The summed E-state index contributed by atoms with van der Waals surface area (Å²) >= 11 is 0. The molecule has 0 unspecified atom stereocenters. The highest BCUT2D eigenvalue weighted by Crippen LogP contribution is 2.05. The Balaban J connectivity index is 3.13. The molecule has 0 spiro atoms. The fourth-order valence-electron chi connectivity index (χ4n) is 1.04. The van der Waals surface area contributed by atoms with Crippen LogP contribution in [0, 0.1) is 0 Å². The molecule has 0 atom stereocenters. The van der Waals surface area contributed by atoms with Gasteiger partial charge >= 0.3 is 13.1 Å². The summed E-state index contributed by atoms with van der Waals surface area (Å²) in [6.45, 7) is 0. The van der Waals surface area contributed by atoms with Gasteiger partial charge in [-0.25, -0.2) is 4.79 Å². The summed E-state index contributed by atoms with van der Waals surface area (Å²) in [4.78, 5) is 11.1. The number of anilines is 1. The van der Waals surface area contributed by atoms with Gasteiger partial charge in [0.15, 0.2) is 0 Å². The molecule has 0 saturated carbocycles. The summed E-state index contributed by atoms with van der Waals surface area (Å²) in [5.41, 5.74) is 5.99. The lowest BCUT2D eigenvalue weighted by Crippen LogP contribution is -2.33. The number of nitrogen functional groups attached to an aromatic ring is 1. The highest BCUT2D eigenvalue weighted by atomic mass is 16.5. The van der Waals surface area contributed by atoms with E-state index in [4.69, 9.17) is 15.8 Å². The predicted molar refractivity (Wildman–Crippen MR) is 52.0 cm³/mol. The van der Waals surface area contributed by atoms with Crippen molar-refractivity contribution in [2.24, 2.45) is 0 Å². The van der Waals surface area contributed by atoms with Gasteiger partial charge in [0.05, 0.1) is 12.7 Å². The van der Waals surface area contributed by atoms with E-state index in [1.807, 2.05) is 0 Å². The third kappa shape index (κ3) is 2.04. The number of hydrogen-bond acceptors (Lipinski definition) is 5. The van der Waals surface area contributed by atoms with Crippen molar-refractivity contribution in [2.45, 2.75) is 0 Å². The molecule has 0 aromatic heterocycles. The van der Waals surface area contributed by atoms with Gasteiger partial charge in [-0.05, 0) is 18.2 Å². The van der Waals surface area contributed by atoms with Gasteiger partial charge in [-0.2, -0.15) is 0 Å². The lowest BCUT2D eigenvalue weighted by molar-refractivity contribution is 0.0601. The number of ether oxygens (including phenoxy) is 1. The number of hydrogen-bond donors (Lipinski definition) is 3. The molecule has 1 aromatic carbocycles. The Morgan fingerprint density at radius 3 is 2.64 bits per heavy atom. The second-order valence-corrected chi connectivity index (χ2v) is 2.71. The van der Waals surface area contributed by atoms with Gasteiger partial charge < -0.3 is 20.5 Å². The van der Waals surface area contributed by atoms with Crippen molar-refractivity contribution < 1.29 is 19.6 Å². The molecule has 0 aliphatic carbocycles. The van der Waals surface area contributed by atoms with Crippen LogP contribution in [0.25, 0.3) is 0 Å². The SMILES string of the molecule is COC(=O)c1ccc(N)c(B(O)O)c1. The molecule has 0 heterocycles. The number of carbonyl (C=O) groups excluding carboxylic acids is 1. The standard InChI is InChI=1S/C8H10BNO4/c1-14-8(11)5-2-3-7(10)6(4-5)9(12)13/h2-4,12-13H,10H2,1H3. The second kappa shape index (κ2) is 4.12.